The Morgan fingerprint density at radius 2 is 1.81 bits per heavy atom. The normalized spacial score (nSPS) is 11.5. The zero-order valence-corrected chi connectivity index (χ0v) is 16.1. The van der Waals surface area contributed by atoms with E-state index in [4.69, 9.17) is 4.74 Å². The highest BCUT2D eigenvalue weighted by Gasteiger charge is 2.24. The maximum atomic E-state index is 12.3. The van der Waals surface area contributed by atoms with Crippen LogP contribution >= 0.6 is 11.3 Å². The van der Waals surface area contributed by atoms with Gasteiger partial charge in [-0.1, -0.05) is 17.7 Å². The van der Waals surface area contributed by atoms with Gasteiger partial charge in [-0.05, 0) is 49.9 Å². The average molecular weight is 374 g/mol. The van der Waals surface area contributed by atoms with Crippen LogP contribution in [0.4, 0.5) is 5.69 Å². The van der Waals surface area contributed by atoms with Crippen LogP contribution in [0.1, 0.15) is 27.7 Å². The smallest absolute Gasteiger partial charge is 0.349 e. The van der Waals surface area contributed by atoms with Crippen LogP contribution in [0.5, 0.6) is 0 Å². The molecule has 0 aliphatic carbocycles. The molecule has 2 aromatic rings. The molecular weight excluding hydrogens is 352 g/mol. The molecule has 1 heterocycles. The van der Waals surface area contributed by atoms with Crippen molar-refractivity contribution in [1.82, 2.24) is 4.90 Å². The van der Waals surface area contributed by atoms with Gasteiger partial charge in [0.1, 0.15) is 4.88 Å². The molecule has 0 aliphatic rings. The van der Waals surface area contributed by atoms with Crippen molar-refractivity contribution in [3.05, 3.63) is 51.7 Å². The quantitative estimate of drug-likeness (QED) is 0.789. The van der Waals surface area contributed by atoms with E-state index in [0.717, 1.165) is 11.1 Å². The Hall–Kier alpha value is -2.67. The fourth-order valence-electron chi connectivity index (χ4n) is 2.29. The molecule has 0 aliphatic heterocycles. The lowest BCUT2D eigenvalue weighted by Crippen LogP contribution is -2.41. The summed E-state index contributed by atoms with van der Waals surface area (Å²) in [5.74, 6) is -1.29. The molecule has 1 aromatic carbocycles. The van der Waals surface area contributed by atoms with Crippen molar-refractivity contribution in [1.29, 1.82) is 0 Å². The van der Waals surface area contributed by atoms with Gasteiger partial charge in [-0.15, -0.1) is 11.3 Å². The summed E-state index contributed by atoms with van der Waals surface area (Å²) < 4.78 is 5.22. The SMILES string of the molecule is Cc1ccc(NC(=O)CN(C)C(=O)[C@@H](C)OC(=O)c2sccc2C)cc1. The average Bonchev–Trinajstić information content (AvgIpc) is 3.02. The van der Waals surface area contributed by atoms with Crippen LogP contribution in [0.25, 0.3) is 0 Å². The summed E-state index contributed by atoms with van der Waals surface area (Å²) in [7, 11) is 1.50. The van der Waals surface area contributed by atoms with Crippen LogP contribution in [0, 0.1) is 13.8 Å². The second kappa shape index (κ2) is 8.62. The molecule has 1 atom stereocenters. The fraction of sp³-hybridized carbons (Fsp3) is 0.316. The minimum absolute atomic E-state index is 0.132. The molecule has 2 rings (SSSR count). The van der Waals surface area contributed by atoms with Crippen molar-refractivity contribution < 1.29 is 19.1 Å². The van der Waals surface area contributed by atoms with Gasteiger partial charge >= 0.3 is 5.97 Å². The Labute approximate surface area is 156 Å². The number of hydrogen-bond donors (Lipinski definition) is 1. The molecule has 0 radical (unpaired) electrons. The maximum absolute atomic E-state index is 12.3. The van der Waals surface area contributed by atoms with Crippen LogP contribution in [0.15, 0.2) is 35.7 Å². The lowest BCUT2D eigenvalue weighted by Gasteiger charge is -2.21. The van der Waals surface area contributed by atoms with E-state index in [9.17, 15) is 14.4 Å². The van der Waals surface area contributed by atoms with Crippen LogP contribution in [0.2, 0.25) is 0 Å². The van der Waals surface area contributed by atoms with E-state index in [2.05, 4.69) is 5.32 Å². The van der Waals surface area contributed by atoms with E-state index >= 15 is 0 Å². The number of amides is 2. The highest BCUT2D eigenvalue weighted by Crippen LogP contribution is 2.17. The first-order chi connectivity index (χ1) is 12.3. The Morgan fingerprint density at radius 3 is 2.38 bits per heavy atom. The molecule has 0 saturated heterocycles. The summed E-state index contributed by atoms with van der Waals surface area (Å²) in [5.41, 5.74) is 2.56. The van der Waals surface area contributed by atoms with Crippen LogP contribution in [-0.4, -0.2) is 42.4 Å². The first-order valence-corrected chi connectivity index (χ1v) is 9.02. The Balaban J connectivity index is 1.87. The predicted molar refractivity (Wildman–Crippen MR) is 101 cm³/mol. The zero-order chi connectivity index (χ0) is 19.3. The number of ether oxygens (including phenoxy) is 1. The molecular formula is C19H22N2O4S. The van der Waals surface area contributed by atoms with Gasteiger partial charge < -0.3 is 15.0 Å². The molecule has 0 fully saturated rings. The minimum atomic E-state index is -0.971. The summed E-state index contributed by atoms with van der Waals surface area (Å²) in [6.07, 6.45) is -0.971. The van der Waals surface area contributed by atoms with E-state index < -0.39 is 18.0 Å². The Morgan fingerprint density at radius 1 is 1.15 bits per heavy atom. The van der Waals surface area contributed by atoms with Gasteiger partial charge in [0.25, 0.3) is 5.91 Å². The highest BCUT2D eigenvalue weighted by atomic mass is 32.1. The molecule has 0 unspecified atom stereocenters. The molecule has 1 N–H and O–H groups in total. The molecule has 0 spiro atoms. The summed E-state index contributed by atoms with van der Waals surface area (Å²) >= 11 is 1.27. The standard InChI is InChI=1S/C19H22N2O4S/c1-12-5-7-15(8-6-12)20-16(22)11-21(4)18(23)14(3)25-19(24)17-13(2)9-10-26-17/h5-10,14H,11H2,1-4H3,(H,20,22)/t14-/m1/s1. The molecule has 1 aromatic heterocycles. The monoisotopic (exact) mass is 374 g/mol. The molecule has 6 nitrogen and oxygen atoms in total. The fourth-order valence-corrected chi connectivity index (χ4v) is 3.09. The number of aryl methyl sites for hydroxylation is 2. The zero-order valence-electron chi connectivity index (χ0n) is 15.2. The van der Waals surface area contributed by atoms with Crippen molar-refractivity contribution >= 4 is 34.8 Å². The lowest BCUT2D eigenvalue weighted by atomic mass is 10.2. The first kappa shape index (κ1) is 19.7. The van der Waals surface area contributed by atoms with Crippen LogP contribution in [0.3, 0.4) is 0 Å². The third-order valence-corrected chi connectivity index (χ3v) is 4.77. The van der Waals surface area contributed by atoms with Crippen molar-refractivity contribution in [2.75, 3.05) is 18.9 Å². The number of nitrogens with one attached hydrogen (secondary N) is 1. The largest absolute Gasteiger partial charge is 0.448 e. The number of nitrogens with zero attached hydrogens (tertiary/aromatic N) is 1. The van der Waals surface area contributed by atoms with Gasteiger partial charge in [-0.25, -0.2) is 4.79 Å². The van der Waals surface area contributed by atoms with Crippen molar-refractivity contribution in [2.24, 2.45) is 0 Å². The number of likely N-dealkylation sites (N-methyl/N-ethyl adjacent to an activating group) is 1. The highest BCUT2D eigenvalue weighted by molar-refractivity contribution is 7.12. The summed E-state index contributed by atoms with van der Waals surface area (Å²) in [6.45, 7) is 5.13. The third kappa shape index (κ3) is 5.16. The van der Waals surface area contributed by atoms with Gasteiger partial charge in [0.05, 0.1) is 6.54 Å². The Bertz CT molecular complexity index is 798. The van der Waals surface area contributed by atoms with E-state index in [1.165, 1.54) is 30.2 Å². The van der Waals surface area contributed by atoms with E-state index in [-0.39, 0.29) is 12.5 Å². The molecule has 26 heavy (non-hydrogen) atoms. The minimum Gasteiger partial charge on any atom is -0.448 e. The second-order valence-corrected chi connectivity index (χ2v) is 7.00. The van der Waals surface area contributed by atoms with Crippen LogP contribution in [-0.2, 0) is 14.3 Å². The molecule has 0 saturated carbocycles. The van der Waals surface area contributed by atoms with Gasteiger partial charge in [0.2, 0.25) is 5.91 Å². The van der Waals surface area contributed by atoms with Gasteiger partial charge in [-0.2, -0.15) is 0 Å². The van der Waals surface area contributed by atoms with Crippen molar-refractivity contribution in [3.8, 4) is 0 Å². The number of anilines is 1. The van der Waals surface area contributed by atoms with Gasteiger partial charge in [0, 0.05) is 12.7 Å². The molecule has 0 bridgehead atoms. The Kier molecular flexibility index (Phi) is 6.52. The molecule has 7 heteroatoms. The molecule has 138 valence electrons. The number of benzene rings is 1. The van der Waals surface area contributed by atoms with Crippen LogP contribution < -0.4 is 5.32 Å². The summed E-state index contributed by atoms with van der Waals surface area (Å²) in [6, 6.07) is 9.18. The predicted octanol–water partition coefficient (Wildman–Crippen LogP) is 3.01. The number of esters is 1. The third-order valence-electron chi connectivity index (χ3n) is 3.77. The number of thiophene rings is 1. The number of carbonyl (C=O) groups is 3. The topological polar surface area (TPSA) is 75.7 Å². The van der Waals surface area contributed by atoms with Gasteiger partial charge in [-0.3, -0.25) is 9.59 Å². The summed E-state index contributed by atoms with van der Waals surface area (Å²) in [5, 5.41) is 4.52. The van der Waals surface area contributed by atoms with Crippen molar-refractivity contribution in [3.63, 3.8) is 0 Å². The van der Waals surface area contributed by atoms with Gasteiger partial charge in [0.15, 0.2) is 6.10 Å². The number of hydrogen-bond acceptors (Lipinski definition) is 5. The van der Waals surface area contributed by atoms with Crippen molar-refractivity contribution in [2.45, 2.75) is 26.9 Å². The van der Waals surface area contributed by atoms with E-state index in [0.29, 0.717) is 10.6 Å². The van der Waals surface area contributed by atoms with E-state index in [1.54, 1.807) is 24.4 Å². The van der Waals surface area contributed by atoms with E-state index in [1.807, 2.05) is 25.1 Å². The first-order valence-electron chi connectivity index (χ1n) is 8.14. The maximum Gasteiger partial charge on any atom is 0.349 e. The molecule has 2 amide bonds. The second-order valence-electron chi connectivity index (χ2n) is 6.09. The number of rotatable bonds is 6. The lowest BCUT2D eigenvalue weighted by molar-refractivity contribution is -0.140. The number of carbonyl (C=O) groups excluding carboxylic acids is 3. The summed E-state index contributed by atoms with van der Waals surface area (Å²) in [4.78, 5) is 38.2.